The molecule has 0 saturated carbocycles. The van der Waals surface area contributed by atoms with Crippen molar-refractivity contribution in [2.75, 3.05) is 7.05 Å². The van der Waals surface area contributed by atoms with E-state index in [2.05, 4.69) is 0 Å². The summed E-state index contributed by atoms with van der Waals surface area (Å²) in [6, 6.07) is 0. The number of likely N-dealkylation sites (N-methyl/N-ethyl adjacent to an activating group) is 1. The lowest BCUT2D eigenvalue weighted by molar-refractivity contribution is -0.132. The van der Waals surface area contributed by atoms with E-state index in [9.17, 15) is 9.59 Å². The Morgan fingerprint density at radius 1 is 1.50 bits per heavy atom. The van der Waals surface area contributed by atoms with Gasteiger partial charge in [-0.3, -0.25) is 9.59 Å². The van der Waals surface area contributed by atoms with E-state index in [4.69, 9.17) is 10.8 Å². The van der Waals surface area contributed by atoms with Gasteiger partial charge in [-0.1, -0.05) is 0 Å². The van der Waals surface area contributed by atoms with Crippen molar-refractivity contribution in [3.05, 3.63) is 12.2 Å². The number of aliphatic hydroxyl groups excluding tert-OH is 1. The summed E-state index contributed by atoms with van der Waals surface area (Å²) < 4.78 is 0. The van der Waals surface area contributed by atoms with Gasteiger partial charge in [0.1, 0.15) is 6.23 Å². The first-order valence-electron chi connectivity index (χ1n) is 3.37. The Balaban J connectivity index is 4.13. The lowest BCUT2D eigenvalue weighted by Gasteiger charge is -2.17. The van der Waals surface area contributed by atoms with E-state index in [1.54, 1.807) is 0 Å². The molecule has 0 aromatic carbocycles. The Bertz CT molecular complexity index is 211. The number of hydrogen-bond donors (Lipinski definition) is 2. The van der Waals surface area contributed by atoms with Crippen LogP contribution in [0.25, 0.3) is 0 Å². The normalized spacial score (nSPS) is 12.9. The molecule has 2 amide bonds. The second-order valence-corrected chi connectivity index (χ2v) is 2.32. The van der Waals surface area contributed by atoms with E-state index < -0.39 is 18.0 Å². The Hall–Kier alpha value is -1.36. The number of primary amides is 1. The van der Waals surface area contributed by atoms with Crippen LogP contribution in [-0.4, -0.2) is 35.1 Å². The smallest absolute Gasteiger partial charge is 0.248 e. The molecule has 5 nitrogen and oxygen atoms in total. The molecule has 5 heteroatoms. The van der Waals surface area contributed by atoms with E-state index >= 15 is 0 Å². The van der Waals surface area contributed by atoms with Crippen molar-refractivity contribution in [2.45, 2.75) is 13.2 Å². The molecule has 68 valence electrons. The average molecular weight is 172 g/mol. The highest BCUT2D eigenvalue weighted by atomic mass is 16.3. The van der Waals surface area contributed by atoms with Gasteiger partial charge in [-0.25, -0.2) is 0 Å². The van der Waals surface area contributed by atoms with Crippen LogP contribution >= 0.6 is 0 Å². The molecule has 0 aromatic heterocycles. The number of carbonyl (C=O) groups is 2. The minimum absolute atomic E-state index is 0.469. The molecule has 0 rings (SSSR count). The van der Waals surface area contributed by atoms with E-state index in [1.165, 1.54) is 14.0 Å². The molecular formula is C7H12N2O3. The summed E-state index contributed by atoms with van der Waals surface area (Å²) in [4.78, 5) is 22.2. The molecule has 0 heterocycles. The lowest BCUT2D eigenvalue weighted by Crippen LogP contribution is -2.33. The minimum Gasteiger partial charge on any atom is -0.374 e. The van der Waals surface area contributed by atoms with Gasteiger partial charge in [0.15, 0.2) is 0 Å². The molecule has 0 radical (unpaired) electrons. The predicted octanol–water partition coefficient (Wildman–Crippen LogP) is -1.18. The first-order chi connectivity index (χ1) is 5.45. The van der Waals surface area contributed by atoms with Crippen molar-refractivity contribution in [2.24, 2.45) is 5.73 Å². The van der Waals surface area contributed by atoms with Gasteiger partial charge in [0.2, 0.25) is 11.8 Å². The van der Waals surface area contributed by atoms with Crippen LogP contribution in [0, 0.1) is 0 Å². The standard InChI is InChI=1S/C7H12N2O3/c1-5(10)9(2)7(12)4-3-6(8)11/h3-5,10H,1-2H3,(H2,8,11)/b4-3+. The molecule has 0 spiro atoms. The number of nitrogens with zero attached hydrogens (tertiary/aromatic N) is 1. The average Bonchev–Trinajstić information content (AvgIpc) is 1.98. The predicted molar refractivity (Wildman–Crippen MR) is 42.8 cm³/mol. The van der Waals surface area contributed by atoms with Gasteiger partial charge in [-0.15, -0.1) is 0 Å². The Kier molecular flexibility index (Phi) is 3.99. The Labute approximate surface area is 70.5 Å². The summed E-state index contributed by atoms with van der Waals surface area (Å²) in [5, 5.41) is 8.91. The molecule has 3 N–H and O–H groups in total. The molecule has 0 aliphatic rings. The number of amides is 2. The molecule has 0 aliphatic carbocycles. The van der Waals surface area contributed by atoms with Crippen molar-refractivity contribution in [1.29, 1.82) is 0 Å². The quantitative estimate of drug-likeness (QED) is 0.415. The van der Waals surface area contributed by atoms with Crippen molar-refractivity contribution in [1.82, 2.24) is 4.90 Å². The lowest BCUT2D eigenvalue weighted by atomic mass is 10.4. The third-order valence-corrected chi connectivity index (χ3v) is 1.30. The van der Waals surface area contributed by atoms with E-state index in [1.807, 2.05) is 0 Å². The van der Waals surface area contributed by atoms with E-state index in [-0.39, 0.29) is 0 Å². The number of aliphatic hydroxyl groups is 1. The summed E-state index contributed by atoms with van der Waals surface area (Å²) in [6.45, 7) is 1.44. The van der Waals surface area contributed by atoms with E-state index in [0.717, 1.165) is 17.1 Å². The first kappa shape index (κ1) is 10.6. The monoisotopic (exact) mass is 172 g/mol. The third kappa shape index (κ3) is 3.72. The molecular weight excluding hydrogens is 160 g/mol. The third-order valence-electron chi connectivity index (χ3n) is 1.30. The minimum atomic E-state index is -0.880. The summed E-state index contributed by atoms with van der Waals surface area (Å²) in [5.74, 6) is -1.16. The van der Waals surface area contributed by atoms with Crippen LogP contribution in [-0.2, 0) is 9.59 Å². The molecule has 12 heavy (non-hydrogen) atoms. The van der Waals surface area contributed by atoms with Crippen molar-refractivity contribution in [3.8, 4) is 0 Å². The van der Waals surface area contributed by atoms with Crippen molar-refractivity contribution < 1.29 is 14.7 Å². The molecule has 0 fully saturated rings. The van der Waals surface area contributed by atoms with Crippen LogP contribution in [0.5, 0.6) is 0 Å². The fourth-order valence-electron chi connectivity index (χ4n) is 0.455. The molecule has 0 bridgehead atoms. The summed E-state index contributed by atoms with van der Waals surface area (Å²) in [5.41, 5.74) is 4.76. The van der Waals surface area contributed by atoms with Gasteiger partial charge < -0.3 is 15.7 Å². The van der Waals surface area contributed by atoms with Crippen LogP contribution in [0.1, 0.15) is 6.92 Å². The molecule has 0 aromatic rings. The SMILES string of the molecule is CC(O)N(C)C(=O)/C=C/C(N)=O. The topological polar surface area (TPSA) is 83.6 Å². The van der Waals surface area contributed by atoms with Gasteiger partial charge in [-0.2, -0.15) is 0 Å². The highest BCUT2D eigenvalue weighted by molar-refractivity contribution is 5.95. The second kappa shape index (κ2) is 4.50. The van der Waals surface area contributed by atoms with Crippen molar-refractivity contribution >= 4 is 11.8 Å². The van der Waals surface area contributed by atoms with Crippen LogP contribution in [0.2, 0.25) is 0 Å². The van der Waals surface area contributed by atoms with Crippen LogP contribution in [0.15, 0.2) is 12.2 Å². The Morgan fingerprint density at radius 2 is 2.00 bits per heavy atom. The number of nitrogens with two attached hydrogens (primary N) is 1. The first-order valence-corrected chi connectivity index (χ1v) is 3.37. The number of rotatable bonds is 3. The summed E-state index contributed by atoms with van der Waals surface area (Å²) >= 11 is 0. The van der Waals surface area contributed by atoms with Crippen LogP contribution < -0.4 is 5.73 Å². The summed E-state index contributed by atoms with van der Waals surface area (Å²) in [7, 11) is 1.42. The van der Waals surface area contributed by atoms with Gasteiger partial charge in [0, 0.05) is 19.2 Å². The maximum Gasteiger partial charge on any atom is 0.248 e. The van der Waals surface area contributed by atoms with Crippen molar-refractivity contribution in [3.63, 3.8) is 0 Å². The molecule has 1 unspecified atom stereocenters. The zero-order valence-corrected chi connectivity index (χ0v) is 7.02. The zero-order chi connectivity index (χ0) is 9.72. The van der Waals surface area contributed by atoms with Gasteiger partial charge in [0.05, 0.1) is 0 Å². The van der Waals surface area contributed by atoms with Crippen LogP contribution in [0.3, 0.4) is 0 Å². The van der Waals surface area contributed by atoms with Gasteiger partial charge in [0.25, 0.3) is 0 Å². The van der Waals surface area contributed by atoms with E-state index in [0.29, 0.717) is 0 Å². The molecule has 0 aliphatic heterocycles. The zero-order valence-electron chi connectivity index (χ0n) is 7.02. The van der Waals surface area contributed by atoms with Gasteiger partial charge in [-0.05, 0) is 6.92 Å². The highest BCUT2D eigenvalue weighted by Crippen LogP contribution is 1.92. The maximum absolute atomic E-state index is 11.0. The van der Waals surface area contributed by atoms with Gasteiger partial charge >= 0.3 is 0 Å². The van der Waals surface area contributed by atoms with Crippen LogP contribution in [0.4, 0.5) is 0 Å². The fourth-order valence-corrected chi connectivity index (χ4v) is 0.455. The molecule has 0 saturated heterocycles. The molecule has 1 atom stereocenters. The second-order valence-electron chi connectivity index (χ2n) is 2.32. The highest BCUT2D eigenvalue weighted by Gasteiger charge is 2.09. The number of hydrogen-bond acceptors (Lipinski definition) is 3. The fraction of sp³-hybridized carbons (Fsp3) is 0.429. The maximum atomic E-state index is 11.0. The largest absolute Gasteiger partial charge is 0.374 e. The summed E-state index contributed by atoms with van der Waals surface area (Å²) in [6.07, 6.45) is 1.08. The Morgan fingerprint density at radius 3 is 2.33 bits per heavy atom. The number of carbonyl (C=O) groups excluding carboxylic acids is 2.